The van der Waals surface area contributed by atoms with Crippen molar-refractivity contribution in [2.24, 2.45) is 0 Å². The zero-order valence-electron chi connectivity index (χ0n) is 10.2. The van der Waals surface area contributed by atoms with Crippen molar-refractivity contribution in [2.45, 2.75) is 57.8 Å². The lowest BCUT2D eigenvalue weighted by Gasteiger charge is -2.00. The van der Waals surface area contributed by atoms with E-state index in [4.69, 9.17) is 0 Å². The van der Waals surface area contributed by atoms with E-state index in [2.05, 4.69) is 0 Å². The molecule has 0 bridgehead atoms. The third-order valence-corrected chi connectivity index (χ3v) is 2.45. The maximum atomic E-state index is 11.3. The van der Waals surface area contributed by atoms with Crippen LogP contribution in [0, 0.1) is 0 Å². The van der Waals surface area contributed by atoms with Gasteiger partial charge in [0.1, 0.15) is 24.1 Å². The van der Waals surface area contributed by atoms with Gasteiger partial charge in [0, 0.05) is 25.7 Å². The van der Waals surface area contributed by atoms with E-state index >= 15 is 0 Å². The highest BCUT2D eigenvalue weighted by atomic mass is 16.1. The molecule has 0 atom stereocenters. The molecule has 0 aliphatic carbocycles. The van der Waals surface area contributed by atoms with Gasteiger partial charge in [0.15, 0.2) is 0 Å². The van der Waals surface area contributed by atoms with Crippen LogP contribution in [0.4, 0.5) is 0 Å². The van der Waals surface area contributed by atoms with Gasteiger partial charge in [-0.05, 0) is 25.7 Å². The second-order valence-electron chi connectivity index (χ2n) is 4.08. The molecule has 0 saturated carbocycles. The van der Waals surface area contributed by atoms with Crippen molar-refractivity contribution in [3.8, 4) is 0 Å². The van der Waals surface area contributed by atoms with Crippen LogP contribution in [0.2, 0.25) is 0 Å². The Morgan fingerprint density at radius 1 is 0.706 bits per heavy atom. The third-order valence-electron chi connectivity index (χ3n) is 2.45. The van der Waals surface area contributed by atoms with Crippen LogP contribution in [-0.2, 0) is 19.2 Å². The summed E-state index contributed by atoms with van der Waals surface area (Å²) in [6.45, 7) is 0. The predicted molar refractivity (Wildman–Crippen MR) is 63.7 cm³/mol. The first kappa shape index (κ1) is 15.7. The molecule has 0 rings (SSSR count). The number of unbranched alkanes of at least 4 members (excludes halogenated alkanes) is 4. The Kier molecular flexibility index (Phi) is 10.3. The molecule has 0 saturated heterocycles. The van der Waals surface area contributed by atoms with Gasteiger partial charge in [-0.2, -0.15) is 0 Å². The molecule has 0 amide bonds. The fourth-order valence-corrected chi connectivity index (χ4v) is 1.50. The van der Waals surface area contributed by atoms with Crippen LogP contribution < -0.4 is 0 Å². The van der Waals surface area contributed by atoms with Crippen molar-refractivity contribution in [1.29, 1.82) is 0 Å². The molecule has 0 aliphatic heterocycles. The van der Waals surface area contributed by atoms with Gasteiger partial charge in [-0.15, -0.1) is 0 Å². The molecule has 0 N–H and O–H groups in total. The van der Waals surface area contributed by atoms with Crippen LogP contribution in [0.1, 0.15) is 57.8 Å². The Bertz CT molecular complexity index is 232. The second kappa shape index (κ2) is 11.2. The minimum absolute atomic E-state index is 0.00216. The molecule has 0 aliphatic rings. The van der Waals surface area contributed by atoms with E-state index in [-0.39, 0.29) is 18.0 Å². The van der Waals surface area contributed by atoms with Crippen LogP contribution in [0.5, 0.6) is 0 Å². The maximum absolute atomic E-state index is 11.3. The lowest BCUT2D eigenvalue weighted by atomic mass is 10.0. The zero-order valence-corrected chi connectivity index (χ0v) is 10.2. The van der Waals surface area contributed by atoms with Gasteiger partial charge in [-0.25, -0.2) is 0 Å². The number of carbonyl (C=O) groups excluding carboxylic acids is 4. The first-order chi connectivity index (χ1) is 8.20. The summed E-state index contributed by atoms with van der Waals surface area (Å²) in [5, 5.41) is 0. The van der Waals surface area contributed by atoms with Gasteiger partial charge < -0.3 is 9.59 Å². The summed E-state index contributed by atoms with van der Waals surface area (Å²) in [5.74, 6) is -0.0902. The number of rotatable bonds is 12. The minimum atomic E-state index is -0.0451. The van der Waals surface area contributed by atoms with Crippen LogP contribution >= 0.6 is 0 Å². The van der Waals surface area contributed by atoms with E-state index in [1.807, 2.05) is 0 Å². The van der Waals surface area contributed by atoms with E-state index in [0.717, 1.165) is 12.6 Å². The summed E-state index contributed by atoms with van der Waals surface area (Å²) in [5.41, 5.74) is 0. The van der Waals surface area contributed by atoms with Crippen LogP contribution in [-0.4, -0.2) is 24.1 Å². The Morgan fingerprint density at radius 2 is 1.12 bits per heavy atom. The fourth-order valence-electron chi connectivity index (χ4n) is 1.50. The van der Waals surface area contributed by atoms with E-state index in [1.165, 1.54) is 0 Å². The lowest BCUT2D eigenvalue weighted by Crippen LogP contribution is -2.07. The monoisotopic (exact) mass is 240 g/mol. The molecule has 0 spiro atoms. The quantitative estimate of drug-likeness (QED) is 0.297. The summed E-state index contributed by atoms with van der Waals surface area (Å²) in [6, 6.07) is 0. The molecule has 96 valence electrons. The highest BCUT2D eigenvalue weighted by Gasteiger charge is 2.08. The third kappa shape index (κ3) is 11.0. The van der Waals surface area contributed by atoms with Crippen molar-refractivity contribution in [3.05, 3.63) is 0 Å². The Morgan fingerprint density at radius 3 is 1.47 bits per heavy atom. The molecule has 0 radical (unpaired) electrons. The topological polar surface area (TPSA) is 68.3 Å². The number of hydrogen-bond donors (Lipinski definition) is 0. The minimum Gasteiger partial charge on any atom is -0.303 e. The standard InChI is InChI=1S/C13H20O4/c14-9-5-1-3-7-12(16)11-13(17)8-4-2-6-10-15/h9-10H,1-8,11H2. The van der Waals surface area contributed by atoms with Gasteiger partial charge in [-0.3, -0.25) is 9.59 Å². The van der Waals surface area contributed by atoms with E-state index in [0.29, 0.717) is 51.4 Å². The Hall–Kier alpha value is -1.32. The SMILES string of the molecule is O=CCCCCC(=O)CC(=O)CCCCC=O. The smallest absolute Gasteiger partial charge is 0.140 e. The normalized spacial score (nSPS) is 9.88. The first-order valence-electron chi connectivity index (χ1n) is 6.11. The Labute approximate surface area is 102 Å². The van der Waals surface area contributed by atoms with Gasteiger partial charge >= 0.3 is 0 Å². The number of carbonyl (C=O) groups is 4. The Balaban J connectivity index is 3.48. The molecule has 0 heterocycles. The molecule has 4 heteroatoms. The average molecular weight is 240 g/mol. The molecular formula is C13H20O4. The largest absolute Gasteiger partial charge is 0.303 e. The summed E-state index contributed by atoms with van der Waals surface area (Å²) >= 11 is 0. The van der Waals surface area contributed by atoms with Crippen LogP contribution in [0.3, 0.4) is 0 Å². The summed E-state index contributed by atoms with van der Waals surface area (Å²) in [6.07, 6.45) is 6.17. The van der Waals surface area contributed by atoms with Crippen molar-refractivity contribution < 1.29 is 19.2 Å². The first-order valence-corrected chi connectivity index (χ1v) is 6.11. The molecule has 0 aromatic carbocycles. The zero-order chi connectivity index (χ0) is 12.9. The summed E-state index contributed by atoms with van der Waals surface area (Å²) in [4.78, 5) is 42.8. The van der Waals surface area contributed by atoms with Gasteiger partial charge in [0.2, 0.25) is 0 Å². The van der Waals surface area contributed by atoms with Crippen molar-refractivity contribution >= 4 is 24.1 Å². The molecule has 0 unspecified atom stereocenters. The van der Waals surface area contributed by atoms with Gasteiger partial charge in [-0.1, -0.05) is 0 Å². The van der Waals surface area contributed by atoms with Crippen molar-refractivity contribution in [2.75, 3.05) is 0 Å². The van der Waals surface area contributed by atoms with Crippen molar-refractivity contribution in [1.82, 2.24) is 0 Å². The fraction of sp³-hybridized carbons (Fsp3) is 0.692. The molecule has 0 aromatic heterocycles. The highest BCUT2D eigenvalue weighted by molar-refractivity contribution is 5.98. The van der Waals surface area contributed by atoms with Gasteiger partial charge in [0.25, 0.3) is 0 Å². The second-order valence-corrected chi connectivity index (χ2v) is 4.08. The molecule has 0 fully saturated rings. The lowest BCUT2D eigenvalue weighted by molar-refractivity contribution is -0.127. The molecule has 17 heavy (non-hydrogen) atoms. The average Bonchev–Trinajstić information content (AvgIpc) is 2.30. The number of ketones is 2. The number of aldehydes is 2. The number of Topliss-reactive ketones (excluding diaryl/α,β-unsaturated/α-hetero) is 2. The maximum Gasteiger partial charge on any atom is 0.140 e. The van der Waals surface area contributed by atoms with Crippen molar-refractivity contribution in [3.63, 3.8) is 0 Å². The predicted octanol–water partition coefficient (Wildman–Crippen LogP) is 2.03. The summed E-state index contributed by atoms with van der Waals surface area (Å²) < 4.78 is 0. The van der Waals surface area contributed by atoms with Gasteiger partial charge in [0.05, 0.1) is 6.42 Å². The van der Waals surface area contributed by atoms with Crippen LogP contribution in [0.15, 0.2) is 0 Å². The van der Waals surface area contributed by atoms with E-state index < -0.39 is 0 Å². The van der Waals surface area contributed by atoms with E-state index in [9.17, 15) is 19.2 Å². The number of hydrogen-bond acceptors (Lipinski definition) is 4. The van der Waals surface area contributed by atoms with Crippen LogP contribution in [0.25, 0.3) is 0 Å². The van der Waals surface area contributed by atoms with E-state index in [1.54, 1.807) is 0 Å². The molecular weight excluding hydrogens is 220 g/mol. The molecule has 0 aromatic rings. The molecule has 4 nitrogen and oxygen atoms in total. The highest BCUT2D eigenvalue weighted by Crippen LogP contribution is 2.05. The summed E-state index contributed by atoms with van der Waals surface area (Å²) in [7, 11) is 0.